The summed E-state index contributed by atoms with van der Waals surface area (Å²) in [5.74, 6) is 1.62. The third-order valence-corrected chi connectivity index (χ3v) is 4.77. The highest BCUT2D eigenvalue weighted by Crippen LogP contribution is 2.31. The average molecular weight is 278 g/mol. The summed E-state index contributed by atoms with van der Waals surface area (Å²) in [5, 5.41) is 9.87. The van der Waals surface area contributed by atoms with Gasteiger partial charge in [-0.2, -0.15) is 4.98 Å². The van der Waals surface area contributed by atoms with Crippen molar-refractivity contribution in [2.45, 2.75) is 45.6 Å². The molecule has 2 N–H and O–H groups in total. The van der Waals surface area contributed by atoms with Crippen molar-refractivity contribution in [1.82, 2.24) is 9.97 Å². The summed E-state index contributed by atoms with van der Waals surface area (Å²) < 4.78 is 0. The van der Waals surface area contributed by atoms with Crippen molar-refractivity contribution in [2.24, 2.45) is 0 Å². The molecule has 5 heteroatoms. The van der Waals surface area contributed by atoms with Crippen molar-refractivity contribution in [3.8, 4) is 0 Å². The number of thiophene rings is 1. The standard InChI is InChI=1S/C14H22N4S/c1-5-14(6-2,7-3)18-11-10-8-9-19-12(10)17-13(15-4)16-11/h8-9H,5-7H2,1-4H3,(H2,15,16,17,18). The highest BCUT2D eigenvalue weighted by Gasteiger charge is 2.25. The lowest BCUT2D eigenvalue weighted by Crippen LogP contribution is -2.36. The van der Waals surface area contributed by atoms with Crippen LogP contribution >= 0.6 is 11.3 Å². The molecule has 19 heavy (non-hydrogen) atoms. The van der Waals surface area contributed by atoms with Crippen LogP contribution in [0.3, 0.4) is 0 Å². The van der Waals surface area contributed by atoms with Crippen LogP contribution in [0, 0.1) is 0 Å². The highest BCUT2D eigenvalue weighted by molar-refractivity contribution is 7.16. The molecule has 4 nitrogen and oxygen atoms in total. The summed E-state index contributed by atoms with van der Waals surface area (Å²) in [5.41, 5.74) is 0.119. The van der Waals surface area contributed by atoms with E-state index in [0.29, 0.717) is 5.95 Å². The average Bonchev–Trinajstić information content (AvgIpc) is 2.93. The SMILES string of the molecule is CCC(CC)(CC)Nc1nc(NC)nc2sccc12. The summed E-state index contributed by atoms with van der Waals surface area (Å²) in [6.45, 7) is 6.68. The van der Waals surface area contributed by atoms with Gasteiger partial charge in [0, 0.05) is 12.6 Å². The van der Waals surface area contributed by atoms with Gasteiger partial charge in [-0.1, -0.05) is 20.8 Å². The van der Waals surface area contributed by atoms with E-state index in [1.807, 2.05) is 7.05 Å². The Morgan fingerprint density at radius 1 is 1.16 bits per heavy atom. The molecule has 2 heterocycles. The van der Waals surface area contributed by atoms with Gasteiger partial charge in [0.25, 0.3) is 0 Å². The van der Waals surface area contributed by atoms with E-state index in [1.54, 1.807) is 11.3 Å². The Morgan fingerprint density at radius 2 is 1.84 bits per heavy atom. The van der Waals surface area contributed by atoms with E-state index in [1.165, 1.54) is 0 Å². The van der Waals surface area contributed by atoms with Gasteiger partial charge in [-0.3, -0.25) is 0 Å². The van der Waals surface area contributed by atoms with Crippen molar-refractivity contribution >= 4 is 33.3 Å². The van der Waals surface area contributed by atoms with Crippen LogP contribution in [-0.2, 0) is 0 Å². The first-order valence-corrected chi connectivity index (χ1v) is 7.77. The van der Waals surface area contributed by atoms with Crippen LogP contribution in [0.15, 0.2) is 11.4 Å². The van der Waals surface area contributed by atoms with Crippen molar-refractivity contribution < 1.29 is 0 Å². The van der Waals surface area contributed by atoms with Crippen molar-refractivity contribution in [3.63, 3.8) is 0 Å². The summed E-state index contributed by atoms with van der Waals surface area (Å²) in [4.78, 5) is 10.1. The molecular weight excluding hydrogens is 256 g/mol. The minimum atomic E-state index is 0.119. The number of fused-ring (bicyclic) bond motifs is 1. The van der Waals surface area contributed by atoms with Gasteiger partial charge in [0.1, 0.15) is 10.6 Å². The third-order valence-electron chi connectivity index (χ3n) is 3.96. The van der Waals surface area contributed by atoms with Crippen molar-refractivity contribution in [3.05, 3.63) is 11.4 Å². The van der Waals surface area contributed by atoms with E-state index in [2.05, 4.69) is 52.8 Å². The number of anilines is 2. The molecule has 0 aliphatic carbocycles. The van der Waals surface area contributed by atoms with Crippen LogP contribution in [0.2, 0.25) is 0 Å². The molecule has 2 aromatic heterocycles. The lowest BCUT2D eigenvalue weighted by atomic mass is 9.90. The maximum atomic E-state index is 4.59. The molecule has 0 aliphatic rings. The summed E-state index contributed by atoms with van der Waals surface area (Å²) in [6, 6.07) is 2.09. The molecule has 0 aromatic carbocycles. The molecule has 0 bridgehead atoms. The molecule has 0 aliphatic heterocycles. The summed E-state index contributed by atoms with van der Waals surface area (Å²) in [7, 11) is 1.85. The van der Waals surface area contributed by atoms with Gasteiger partial charge in [0.05, 0.1) is 5.39 Å². The highest BCUT2D eigenvalue weighted by atomic mass is 32.1. The van der Waals surface area contributed by atoms with Crippen LogP contribution in [0.5, 0.6) is 0 Å². The topological polar surface area (TPSA) is 49.8 Å². The Balaban J connectivity index is 2.46. The smallest absolute Gasteiger partial charge is 0.225 e. The van der Waals surface area contributed by atoms with Crippen LogP contribution in [0.1, 0.15) is 40.0 Å². The molecule has 0 fully saturated rings. The Labute approximate surface area is 118 Å². The number of hydrogen-bond acceptors (Lipinski definition) is 5. The van der Waals surface area contributed by atoms with E-state index in [9.17, 15) is 0 Å². The quantitative estimate of drug-likeness (QED) is 0.834. The Kier molecular flexibility index (Phi) is 4.24. The molecular formula is C14H22N4S. The molecule has 104 valence electrons. The molecule has 0 amide bonds. The van der Waals surface area contributed by atoms with Gasteiger partial charge in [-0.25, -0.2) is 4.98 Å². The maximum absolute atomic E-state index is 4.59. The fourth-order valence-corrected chi connectivity index (χ4v) is 3.09. The molecule has 0 saturated carbocycles. The lowest BCUT2D eigenvalue weighted by Gasteiger charge is -2.32. The second kappa shape index (κ2) is 5.74. The summed E-state index contributed by atoms with van der Waals surface area (Å²) in [6.07, 6.45) is 3.26. The van der Waals surface area contributed by atoms with E-state index in [4.69, 9.17) is 0 Å². The summed E-state index contributed by atoms with van der Waals surface area (Å²) >= 11 is 1.65. The first-order valence-electron chi connectivity index (χ1n) is 6.89. The molecule has 0 atom stereocenters. The number of nitrogens with one attached hydrogen (secondary N) is 2. The van der Waals surface area contributed by atoms with Gasteiger partial charge in [0.15, 0.2) is 0 Å². The second-order valence-electron chi connectivity index (χ2n) is 4.75. The molecule has 2 aromatic rings. The molecule has 0 unspecified atom stereocenters. The second-order valence-corrected chi connectivity index (χ2v) is 5.65. The van der Waals surface area contributed by atoms with Gasteiger partial charge < -0.3 is 10.6 Å². The largest absolute Gasteiger partial charge is 0.364 e. The van der Waals surface area contributed by atoms with E-state index >= 15 is 0 Å². The molecule has 0 saturated heterocycles. The van der Waals surface area contributed by atoms with E-state index in [-0.39, 0.29) is 5.54 Å². The first-order chi connectivity index (χ1) is 9.18. The van der Waals surface area contributed by atoms with Gasteiger partial charge in [-0.15, -0.1) is 11.3 Å². The van der Waals surface area contributed by atoms with Crippen LogP contribution in [-0.4, -0.2) is 22.6 Å². The normalized spacial score (nSPS) is 11.8. The lowest BCUT2D eigenvalue weighted by molar-refractivity contribution is 0.419. The molecule has 0 spiro atoms. The number of nitrogens with zero attached hydrogens (tertiary/aromatic N) is 2. The van der Waals surface area contributed by atoms with Gasteiger partial charge >= 0.3 is 0 Å². The Morgan fingerprint density at radius 3 is 2.42 bits per heavy atom. The zero-order chi connectivity index (χ0) is 13.9. The fourth-order valence-electron chi connectivity index (χ4n) is 2.33. The van der Waals surface area contributed by atoms with Crippen molar-refractivity contribution in [2.75, 3.05) is 17.7 Å². The van der Waals surface area contributed by atoms with Crippen LogP contribution in [0.25, 0.3) is 10.2 Å². The van der Waals surface area contributed by atoms with Crippen LogP contribution < -0.4 is 10.6 Å². The number of aromatic nitrogens is 2. The third kappa shape index (κ3) is 2.66. The molecule has 0 radical (unpaired) electrons. The number of hydrogen-bond donors (Lipinski definition) is 2. The van der Waals surface area contributed by atoms with Crippen LogP contribution in [0.4, 0.5) is 11.8 Å². The first kappa shape index (κ1) is 14.1. The minimum Gasteiger partial charge on any atom is -0.364 e. The predicted molar refractivity (Wildman–Crippen MR) is 84.2 cm³/mol. The Hall–Kier alpha value is -1.36. The zero-order valence-corrected chi connectivity index (χ0v) is 12.9. The zero-order valence-electron chi connectivity index (χ0n) is 12.1. The van der Waals surface area contributed by atoms with E-state index in [0.717, 1.165) is 35.3 Å². The van der Waals surface area contributed by atoms with Crippen molar-refractivity contribution in [1.29, 1.82) is 0 Å². The Bertz CT molecular complexity index is 537. The predicted octanol–water partition coefficient (Wildman–Crippen LogP) is 4.11. The number of rotatable bonds is 6. The fraction of sp³-hybridized carbons (Fsp3) is 0.571. The molecule has 2 rings (SSSR count). The van der Waals surface area contributed by atoms with E-state index < -0.39 is 0 Å². The maximum Gasteiger partial charge on any atom is 0.225 e. The monoisotopic (exact) mass is 278 g/mol. The van der Waals surface area contributed by atoms with Gasteiger partial charge in [0.2, 0.25) is 5.95 Å². The minimum absolute atomic E-state index is 0.119. The van der Waals surface area contributed by atoms with Gasteiger partial charge in [-0.05, 0) is 30.7 Å².